The number of anilines is 1. The lowest BCUT2D eigenvalue weighted by Gasteiger charge is -2.35. The van der Waals surface area contributed by atoms with Crippen molar-refractivity contribution in [2.75, 3.05) is 31.1 Å². The van der Waals surface area contributed by atoms with Crippen LogP contribution in [0.15, 0.2) is 41.4 Å². The monoisotopic (exact) mass is 394 g/mol. The third kappa shape index (κ3) is 3.98. The number of nitrogens with two attached hydrogens (primary N) is 1. The first-order valence-electron chi connectivity index (χ1n) is 8.05. The topological polar surface area (TPSA) is 96.6 Å². The number of aromatic nitrogens is 1. The molecule has 1 fully saturated rings. The van der Waals surface area contributed by atoms with Gasteiger partial charge in [0.15, 0.2) is 0 Å². The number of carbonyl (C=O) groups excluding carboxylic acids is 1. The first-order valence-corrected chi connectivity index (χ1v) is 9.97. The maximum absolute atomic E-state index is 12.7. The molecule has 2 N–H and O–H groups in total. The zero-order valence-electron chi connectivity index (χ0n) is 14.2. The van der Waals surface area contributed by atoms with Crippen molar-refractivity contribution < 1.29 is 13.2 Å². The fraction of sp³-hybridized carbons (Fsp3) is 0.294. The molecular formula is C17H19ClN4O3S. The number of primary sulfonamides is 1. The Morgan fingerprint density at radius 3 is 2.50 bits per heavy atom. The van der Waals surface area contributed by atoms with Crippen molar-refractivity contribution in [1.29, 1.82) is 0 Å². The summed E-state index contributed by atoms with van der Waals surface area (Å²) < 4.78 is 22.9. The van der Waals surface area contributed by atoms with Crippen LogP contribution in [0.4, 0.5) is 5.82 Å². The van der Waals surface area contributed by atoms with Crippen LogP contribution in [0, 0.1) is 6.92 Å². The summed E-state index contributed by atoms with van der Waals surface area (Å²) >= 11 is 6.26. The number of benzene rings is 1. The van der Waals surface area contributed by atoms with Gasteiger partial charge in [-0.05, 0) is 36.8 Å². The van der Waals surface area contributed by atoms with Crippen LogP contribution >= 0.6 is 11.6 Å². The van der Waals surface area contributed by atoms with Crippen molar-refractivity contribution in [1.82, 2.24) is 9.88 Å². The van der Waals surface area contributed by atoms with Gasteiger partial charge in [0.2, 0.25) is 10.0 Å². The molecule has 1 aliphatic rings. The Morgan fingerprint density at radius 1 is 1.19 bits per heavy atom. The number of hydrogen-bond acceptors (Lipinski definition) is 5. The second-order valence-electron chi connectivity index (χ2n) is 6.17. The number of rotatable bonds is 3. The molecule has 0 atom stereocenters. The zero-order valence-corrected chi connectivity index (χ0v) is 15.8. The molecule has 1 aliphatic heterocycles. The molecule has 0 radical (unpaired) electrons. The number of piperazine rings is 1. The molecule has 26 heavy (non-hydrogen) atoms. The zero-order chi connectivity index (χ0) is 18.9. The fourth-order valence-electron chi connectivity index (χ4n) is 2.87. The molecular weight excluding hydrogens is 376 g/mol. The van der Waals surface area contributed by atoms with Gasteiger partial charge < -0.3 is 9.80 Å². The summed E-state index contributed by atoms with van der Waals surface area (Å²) in [4.78, 5) is 20.7. The van der Waals surface area contributed by atoms with Crippen LogP contribution in [0.5, 0.6) is 0 Å². The summed E-state index contributed by atoms with van der Waals surface area (Å²) in [7, 11) is -3.84. The maximum Gasteiger partial charge on any atom is 0.254 e. The van der Waals surface area contributed by atoms with E-state index in [4.69, 9.17) is 16.7 Å². The Kier molecular flexibility index (Phi) is 5.17. The van der Waals surface area contributed by atoms with E-state index in [9.17, 15) is 13.2 Å². The molecule has 0 spiro atoms. The molecule has 2 aromatic rings. The summed E-state index contributed by atoms with van der Waals surface area (Å²) in [6.07, 6.45) is 1.76. The minimum Gasteiger partial charge on any atom is -0.352 e. The average molecular weight is 395 g/mol. The van der Waals surface area contributed by atoms with Crippen molar-refractivity contribution in [3.63, 3.8) is 0 Å². The Labute approximate surface area is 157 Å². The number of sulfonamides is 1. The molecule has 1 aromatic heterocycles. The molecule has 0 bridgehead atoms. The summed E-state index contributed by atoms with van der Waals surface area (Å²) in [5, 5.41) is 5.72. The highest BCUT2D eigenvalue weighted by atomic mass is 35.5. The number of hydrogen-bond donors (Lipinski definition) is 1. The fourth-order valence-corrected chi connectivity index (χ4v) is 3.77. The molecule has 1 aromatic carbocycles. The van der Waals surface area contributed by atoms with E-state index >= 15 is 0 Å². The number of aryl methyl sites for hydroxylation is 1. The van der Waals surface area contributed by atoms with Crippen LogP contribution in [0.1, 0.15) is 15.9 Å². The van der Waals surface area contributed by atoms with Crippen molar-refractivity contribution >= 4 is 33.3 Å². The Hall–Kier alpha value is -2.16. The van der Waals surface area contributed by atoms with Crippen molar-refractivity contribution in [2.45, 2.75) is 11.8 Å². The Morgan fingerprint density at radius 2 is 1.88 bits per heavy atom. The summed E-state index contributed by atoms with van der Waals surface area (Å²) in [6, 6.07) is 7.64. The lowest BCUT2D eigenvalue weighted by molar-refractivity contribution is 0.0746. The van der Waals surface area contributed by atoms with E-state index in [1.54, 1.807) is 17.2 Å². The Bertz CT molecular complexity index is 941. The molecule has 138 valence electrons. The number of nitrogens with zero attached hydrogens (tertiary/aromatic N) is 3. The van der Waals surface area contributed by atoms with E-state index in [-0.39, 0.29) is 10.8 Å². The van der Waals surface area contributed by atoms with Crippen molar-refractivity contribution in [3.05, 3.63) is 52.7 Å². The number of halogens is 1. The molecule has 2 heterocycles. The predicted molar refractivity (Wildman–Crippen MR) is 99.9 cm³/mol. The van der Waals surface area contributed by atoms with Gasteiger partial charge in [-0.1, -0.05) is 17.7 Å². The first-order chi connectivity index (χ1) is 12.3. The van der Waals surface area contributed by atoms with Crippen LogP contribution in [0.25, 0.3) is 0 Å². The highest BCUT2D eigenvalue weighted by Crippen LogP contribution is 2.25. The van der Waals surface area contributed by atoms with E-state index in [1.165, 1.54) is 18.2 Å². The second kappa shape index (κ2) is 7.22. The maximum atomic E-state index is 12.7. The minimum atomic E-state index is -3.84. The second-order valence-corrected chi connectivity index (χ2v) is 8.14. The van der Waals surface area contributed by atoms with E-state index < -0.39 is 10.0 Å². The largest absolute Gasteiger partial charge is 0.352 e. The van der Waals surface area contributed by atoms with Gasteiger partial charge in [0.1, 0.15) is 5.82 Å². The van der Waals surface area contributed by atoms with Gasteiger partial charge in [-0.15, -0.1) is 0 Å². The van der Waals surface area contributed by atoms with Gasteiger partial charge in [-0.25, -0.2) is 18.5 Å². The van der Waals surface area contributed by atoms with E-state index in [2.05, 4.69) is 4.98 Å². The molecule has 1 saturated heterocycles. The van der Waals surface area contributed by atoms with Crippen molar-refractivity contribution in [3.8, 4) is 0 Å². The van der Waals surface area contributed by atoms with E-state index in [1.807, 2.05) is 17.9 Å². The molecule has 9 heteroatoms. The molecule has 0 saturated carbocycles. The van der Waals surface area contributed by atoms with Crippen LogP contribution in [0.2, 0.25) is 5.02 Å². The number of pyridine rings is 1. The third-order valence-electron chi connectivity index (χ3n) is 4.23. The number of amides is 1. The standard InChI is InChI=1S/C17H19ClN4O3S/c1-12-9-15(18)16(20-11-12)21-5-7-22(8-6-21)17(23)13-3-2-4-14(10-13)26(19,24)25/h2-4,9-11H,5-8H2,1H3,(H2,19,24,25). The molecule has 3 rings (SSSR count). The minimum absolute atomic E-state index is 0.0716. The summed E-state index contributed by atoms with van der Waals surface area (Å²) in [5.74, 6) is 0.485. The molecule has 1 amide bonds. The SMILES string of the molecule is Cc1cnc(N2CCN(C(=O)c3cccc(S(N)(=O)=O)c3)CC2)c(Cl)c1. The van der Waals surface area contributed by atoms with Crippen LogP contribution in [-0.2, 0) is 10.0 Å². The lowest BCUT2D eigenvalue weighted by atomic mass is 10.2. The van der Waals surface area contributed by atoms with Gasteiger partial charge in [-0.3, -0.25) is 4.79 Å². The van der Waals surface area contributed by atoms with Gasteiger partial charge in [0, 0.05) is 37.9 Å². The van der Waals surface area contributed by atoms with E-state index in [0.717, 1.165) is 5.56 Å². The molecule has 0 aliphatic carbocycles. The molecule has 7 nitrogen and oxygen atoms in total. The van der Waals surface area contributed by atoms with Gasteiger partial charge in [0.05, 0.1) is 9.92 Å². The van der Waals surface area contributed by atoms with Crippen LogP contribution < -0.4 is 10.0 Å². The quantitative estimate of drug-likeness (QED) is 0.853. The predicted octanol–water partition coefficient (Wildman–Crippen LogP) is 1.65. The third-order valence-corrected chi connectivity index (χ3v) is 5.42. The van der Waals surface area contributed by atoms with Crippen LogP contribution in [-0.4, -0.2) is 50.4 Å². The number of carbonyl (C=O) groups is 1. The Balaban J connectivity index is 1.71. The van der Waals surface area contributed by atoms with Gasteiger partial charge in [-0.2, -0.15) is 0 Å². The normalized spacial score (nSPS) is 15.2. The molecule has 0 unspecified atom stereocenters. The van der Waals surface area contributed by atoms with Crippen molar-refractivity contribution in [2.24, 2.45) is 5.14 Å². The smallest absolute Gasteiger partial charge is 0.254 e. The van der Waals surface area contributed by atoms with Crippen LogP contribution in [0.3, 0.4) is 0 Å². The summed E-state index contributed by atoms with van der Waals surface area (Å²) in [5.41, 5.74) is 1.29. The average Bonchev–Trinajstić information content (AvgIpc) is 2.61. The van der Waals surface area contributed by atoms with Gasteiger partial charge in [0.25, 0.3) is 5.91 Å². The highest BCUT2D eigenvalue weighted by molar-refractivity contribution is 7.89. The lowest BCUT2D eigenvalue weighted by Crippen LogP contribution is -2.49. The first kappa shape index (κ1) is 18.6. The highest BCUT2D eigenvalue weighted by Gasteiger charge is 2.24. The summed E-state index contributed by atoms with van der Waals surface area (Å²) in [6.45, 7) is 4.09. The van der Waals surface area contributed by atoms with E-state index in [0.29, 0.717) is 42.6 Å². The van der Waals surface area contributed by atoms with Gasteiger partial charge >= 0.3 is 0 Å².